The first kappa shape index (κ1) is 13.2. The molecule has 0 radical (unpaired) electrons. The molecule has 1 saturated carbocycles. The van der Waals surface area contributed by atoms with Crippen LogP contribution in [0.2, 0.25) is 0 Å². The highest BCUT2D eigenvalue weighted by Gasteiger charge is 2.52. The molecule has 4 nitrogen and oxygen atoms in total. The smallest absolute Gasteiger partial charge is 0.312 e. The second kappa shape index (κ2) is 4.33. The molecule has 1 aromatic carbocycles. The second-order valence-corrected chi connectivity index (χ2v) is 6.55. The van der Waals surface area contributed by atoms with Gasteiger partial charge in [-0.25, -0.2) is 0 Å². The minimum absolute atomic E-state index is 0.0576. The van der Waals surface area contributed by atoms with E-state index in [0.717, 1.165) is 17.5 Å². The Bertz CT molecular complexity index is 579. The highest BCUT2D eigenvalue weighted by molar-refractivity contribution is 5.85. The zero-order valence-electron chi connectivity index (χ0n) is 11.8. The monoisotopic (exact) mass is 273 g/mol. The van der Waals surface area contributed by atoms with Gasteiger partial charge in [0.1, 0.15) is 0 Å². The van der Waals surface area contributed by atoms with Crippen LogP contribution >= 0.6 is 0 Å². The minimum atomic E-state index is -0.856. The first-order chi connectivity index (χ1) is 9.40. The van der Waals surface area contributed by atoms with Crippen LogP contribution in [0.5, 0.6) is 0 Å². The third-order valence-corrected chi connectivity index (χ3v) is 4.62. The van der Waals surface area contributed by atoms with E-state index in [-0.39, 0.29) is 23.8 Å². The van der Waals surface area contributed by atoms with Gasteiger partial charge in [0.05, 0.1) is 5.92 Å². The molecule has 0 bridgehead atoms. The van der Waals surface area contributed by atoms with Crippen LogP contribution in [0.25, 0.3) is 0 Å². The van der Waals surface area contributed by atoms with E-state index in [1.807, 2.05) is 24.3 Å². The molecule has 20 heavy (non-hydrogen) atoms. The number of rotatable bonds is 2. The van der Waals surface area contributed by atoms with Gasteiger partial charge in [-0.15, -0.1) is 0 Å². The standard InChI is InChI=1S/C16H19NO3/c1-16(2)7-13(16)14(18)17-8-10-5-3-4-6-11(10)12(9-17)15(19)20/h3-6,12-13H,7-9H2,1-2H3,(H,19,20)/t12?,13-/m1/s1. The second-order valence-electron chi connectivity index (χ2n) is 6.55. The van der Waals surface area contributed by atoms with E-state index >= 15 is 0 Å². The molecule has 106 valence electrons. The van der Waals surface area contributed by atoms with E-state index in [2.05, 4.69) is 13.8 Å². The number of carbonyl (C=O) groups excluding carboxylic acids is 1. The Hall–Kier alpha value is -1.84. The van der Waals surface area contributed by atoms with E-state index in [1.54, 1.807) is 4.90 Å². The lowest BCUT2D eigenvalue weighted by Gasteiger charge is -2.33. The summed E-state index contributed by atoms with van der Waals surface area (Å²) >= 11 is 0. The van der Waals surface area contributed by atoms with Crippen molar-refractivity contribution in [3.63, 3.8) is 0 Å². The van der Waals surface area contributed by atoms with Crippen molar-refractivity contribution in [2.75, 3.05) is 6.54 Å². The van der Waals surface area contributed by atoms with Crippen molar-refractivity contribution >= 4 is 11.9 Å². The summed E-state index contributed by atoms with van der Waals surface area (Å²) in [7, 11) is 0. The molecule has 4 heteroatoms. The summed E-state index contributed by atoms with van der Waals surface area (Å²) in [6, 6.07) is 7.53. The van der Waals surface area contributed by atoms with Crippen LogP contribution in [-0.4, -0.2) is 28.4 Å². The molecule has 0 spiro atoms. The summed E-state index contributed by atoms with van der Waals surface area (Å²) in [6.45, 7) is 4.99. The van der Waals surface area contributed by atoms with Crippen LogP contribution < -0.4 is 0 Å². The number of amides is 1. The highest BCUT2D eigenvalue weighted by Crippen LogP contribution is 2.52. The average molecular weight is 273 g/mol. The Morgan fingerprint density at radius 3 is 2.55 bits per heavy atom. The van der Waals surface area contributed by atoms with Crippen LogP contribution in [0.15, 0.2) is 24.3 Å². The Labute approximate surface area is 118 Å². The van der Waals surface area contributed by atoms with Crippen molar-refractivity contribution < 1.29 is 14.7 Å². The highest BCUT2D eigenvalue weighted by atomic mass is 16.4. The summed E-state index contributed by atoms with van der Waals surface area (Å²) in [4.78, 5) is 25.7. The molecule has 2 aliphatic rings. The van der Waals surface area contributed by atoms with Gasteiger partial charge in [-0.1, -0.05) is 38.1 Å². The molecule has 1 aliphatic carbocycles. The normalized spacial score (nSPS) is 26.8. The van der Waals surface area contributed by atoms with Crippen molar-refractivity contribution in [2.24, 2.45) is 11.3 Å². The number of nitrogens with zero attached hydrogens (tertiary/aromatic N) is 1. The molecule has 1 fully saturated rings. The number of carboxylic acids is 1. The molecular formula is C16H19NO3. The Kier molecular flexibility index (Phi) is 2.85. The van der Waals surface area contributed by atoms with Gasteiger partial charge < -0.3 is 10.0 Å². The fourth-order valence-electron chi connectivity index (χ4n) is 3.10. The SMILES string of the molecule is CC1(C)C[C@@H]1C(=O)N1Cc2ccccc2C(C(=O)O)C1. The zero-order valence-corrected chi connectivity index (χ0v) is 11.8. The van der Waals surface area contributed by atoms with E-state index in [0.29, 0.717) is 6.54 Å². The molecule has 0 saturated heterocycles. The van der Waals surface area contributed by atoms with Gasteiger partial charge in [0, 0.05) is 19.0 Å². The van der Waals surface area contributed by atoms with Gasteiger partial charge >= 0.3 is 5.97 Å². The first-order valence-corrected chi connectivity index (χ1v) is 6.99. The summed E-state index contributed by atoms with van der Waals surface area (Å²) < 4.78 is 0. The number of fused-ring (bicyclic) bond motifs is 1. The third-order valence-electron chi connectivity index (χ3n) is 4.62. The predicted octanol–water partition coefficient (Wildman–Crippen LogP) is 2.24. The molecule has 1 aromatic rings. The number of carboxylic acid groups (broad SMARTS) is 1. The van der Waals surface area contributed by atoms with Crippen LogP contribution in [0.3, 0.4) is 0 Å². The lowest BCUT2D eigenvalue weighted by molar-refractivity contribution is -0.142. The van der Waals surface area contributed by atoms with Gasteiger partial charge in [0.15, 0.2) is 0 Å². The largest absolute Gasteiger partial charge is 0.481 e. The molecule has 1 N–H and O–H groups in total. The first-order valence-electron chi connectivity index (χ1n) is 6.99. The van der Waals surface area contributed by atoms with E-state index in [9.17, 15) is 14.7 Å². The molecule has 1 heterocycles. The number of hydrogen-bond donors (Lipinski definition) is 1. The van der Waals surface area contributed by atoms with Crippen molar-refractivity contribution in [2.45, 2.75) is 32.7 Å². The van der Waals surface area contributed by atoms with E-state index in [1.165, 1.54) is 0 Å². The maximum atomic E-state index is 12.5. The summed E-state index contributed by atoms with van der Waals surface area (Å²) in [6.07, 6.45) is 0.904. The Balaban J connectivity index is 1.87. The minimum Gasteiger partial charge on any atom is -0.481 e. The van der Waals surface area contributed by atoms with Crippen LogP contribution in [0.1, 0.15) is 37.3 Å². The number of hydrogen-bond acceptors (Lipinski definition) is 2. The number of carbonyl (C=O) groups is 2. The third kappa shape index (κ3) is 2.09. The fraction of sp³-hybridized carbons (Fsp3) is 0.500. The van der Waals surface area contributed by atoms with Crippen molar-refractivity contribution in [1.29, 1.82) is 0 Å². The molecule has 1 aliphatic heterocycles. The lowest BCUT2D eigenvalue weighted by Crippen LogP contribution is -2.41. The Morgan fingerprint density at radius 1 is 1.30 bits per heavy atom. The van der Waals surface area contributed by atoms with Gasteiger partial charge in [-0.3, -0.25) is 9.59 Å². The van der Waals surface area contributed by atoms with Crippen LogP contribution in [0, 0.1) is 11.3 Å². The Morgan fingerprint density at radius 2 is 1.95 bits per heavy atom. The molecular weight excluding hydrogens is 254 g/mol. The number of benzene rings is 1. The molecule has 1 amide bonds. The van der Waals surface area contributed by atoms with Gasteiger partial charge in [0.2, 0.25) is 5.91 Å². The van der Waals surface area contributed by atoms with Crippen LogP contribution in [-0.2, 0) is 16.1 Å². The summed E-state index contributed by atoms with van der Waals surface area (Å²) in [5.74, 6) is -1.30. The van der Waals surface area contributed by atoms with E-state index in [4.69, 9.17) is 0 Å². The van der Waals surface area contributed by atoms with Gasteiger partial charge in [-0.2, -0.15) is 0 Å². The van der Waals surface area contributed by atoms with Crippen LogP contribution in [0.4, 0.5) is 0 Å². The average Bonchev–Trinajstić information content (AvgIpc) is 3.05. The summed E-state index contributed by atoms with van der Waals surface area (Å²) in [5.41, 5.74) is 1.88. The summed E-state index contributed by atoms with van der Waals surface area (Å²) in [5, 5.41) is 9.40. The van der Waals surface area contributed by atoms with Crippen molar-refractivity contribution in [1.82, 2.24) is 4.90 Å². The zero-order chi connectivity index (χ0) is 14.5. The maximum Gasteiger partial charge on any atom is 0.312 e. The topological polar surface area (TPSA) is 57.6 Å². The fourth-order valence-corrected chi connectivity index (χ4v) is 3.10. The predicted molar refractivity (Wildman–Crippen MR) is 74.1 cm³/mol. The maximum absolute atomic E-state index is 12.5. The molecule has 0 aromatic heterocycles. The van der Waals surface area contributed by atoms with Crippen molar-refractivity contribution in [3.05, 3.63) is 35.4 Å². The van der Waals surface area contributed by atoms with Crippen molar-refractivity contribution in [3.8, 4) is 0 Å². The van der Waals surface area contributed by atoms with Gasteiger partial charge in [0.25, 0.3) is 0 Å². The lowest BCUT2D eigenvalue weighted by atomic mass is 9.89. The molecule has 1 unspecified atom stereocenters. The quantitative estimate of drug-likeness (QED) is 0.899. The van der Waals surface area contributed by atoms with Gasteiger partial charge in [-0.05, 0) is 23.0 Å². The van der Waals surface area contributed by atoms with E-state index < -0.39 is 11.9 Å². The molecule has 3 rings (SSSR count). The molecule has 2 atom stereocenters. The number of aliphatic carboxylic acids is 1.